The number of aliphatic hydroxyl groups excluding tert-OH is 1. The van der Waals surface area contributed by atoms with Crippen LogP contribution in [0.15, 0.2) is 48.5 Å². The van der Waals surface area contributed by atoms with Crippen LogP contribution in [-0.4, -0.2) is 24.4 Å². The zero-order valence-corrected chi connectivity index (χ0v) is 14.5. The summed E-state index contributed by atoms with van der Waals surface area (Å²) >= 11 is 0. The van der Waals surface area contributed by atoms with Crippen molar-refractivity contribution in [3.63, 3.8) is 0 Å². The number of benzene rings is 2. The summed E-state index contributed by atoms with van der Waals surface area (Å²) in [5, 5.41) is 12.7. The van der Waals surface area contributed by atoms with Crippen molar-refractivity contribution >= 4 is 0 Å². The fraction of sp³-hybridized carbons (Fsp3) is 0.400. The normalized spacial score (nSPS) is 12.0. The van der Waals surface area contributed by atoms with Crippen molar-refractivity contribution in [2.75, 3.05) is 13.2 Å². The topological polar surface area (TPSA) is 50.7 Å². The second-order valence-electron chi connectivity index (χ2n) is 5.62. The Hall–Kier alpha value is -2.04. The van der Waals surface area contributed by atoms with E-state index in [1.54, 1.807) is 0 Å². The third-order valence-corrected chi connectivity index (χ3v) is 3.88. The first kappa shape index (κ1) is 18.3. The number of aliphatic hydroxyl groups is 1. The van der Waals surface area contributed by atoms with Crippen molar-refractivity contribution in [2.24, 2.45) is 0 Å². The average Bonchev–Trinajstić information content (AvgIpc) is 2.63. The lowest BCUT2D eigenvalue weighted by molar-refractivity contribution is 0.236. The maximum atomic E-state index is 9.35. The minimum atomic E-state index is 0.0859. The van der Waals surface area contributed by atoms with Gasteiger partial charge in [-0.2, -0.15) is 0 Å². The summed E-state index contributed by atoms with van der Waals surface area (Å²) in [6, 6.07) is 16.1. The summed E-state index contributed by atoms with van der Waals surface area (Å²) in [5.74, 6) is 1.52. The predicted molar refractivity (Wildman–Crippen MR) is 96.4 cm³/mol. The molecule has 4 heteroatoms. The highest BCUT2D eigenvalue weighted by Crippen LogP contribution is 2.32. The van der Waals surface area contributed by atoms with E-state index >= 15 is 0 Å². The molecular weight excluding hydrogens is 302 g/mol. The number of hydrogen-bond acceptors (Lipinski definition) is 4. The standard InChI is InChI=1S/C20H27NO3/c1-3-18(14-22)21-13-17-11-8-12-19(23-4-2)20(17)24-15-16-9-6-5-7-10-16/h5-12,18,21-22H,3-4,13-15H2,1-2H3/t18-/m0/s1. The Morgan fingerprint density at radius 1 is 1.00 bits per heavy atom. The van der Waals surface area contributed by atoms with Crippen LogP contribution in [0.4, 0.5) is 0 Å². The highest BCUT2D eigenvalue weighted by atomic mass is 16.5. The first-order valence-electron chi connectivity index (χ1n) is 8.54. The molecule has 0 aliphatic heterocycles. The van der Waals surface area contributed by atoms with E-state index in [0.717, 1.165) is 29.0 Å². The van der Waals surface area contributed by atoms with Gasteiger partial charge in [-0.3, -0.25) is 0 Å². The molecule has 2 aromatic rings. The number of ether oxygens (including phenoxy) is 2. The summed E-state index contributed by atoms with van der Waals surface area (Å²) in [4.78, 5) is 0. The largest absolute Gasteiger partial charge is 0.490 e. The lowest BCUT2D eigenvalue weighted by Crippen LogP contribution is -2.31. The van der Waals surface area contributed by atoms with Gasteiger partial charge in [0.05, 0.1) is 13.2 Å². The van der Waals surface area contributed by atoms with E-state index in [1.807, 2.05) is 55.5 Å². The van der Waals surface area contributed by atoms with Gasteiger partial charge in [0, 0.05) is 18.2 Å². The molecule has 0 saturated heterocycles. The Bertz CT molecular complexity index is 597. The van der Waals surface area contributed by atoms with Crippen molar-refractivity contribution in [1.82, 2.24) is 5.32 Å². The van der Waals surface area contributed by atoms with Crippen LogP contribution in [0.3, 0.4) is 0 Å². The maximum Gasteiger partial charge on any atom is 0.166 e. The number of hydrogen-bond donors (Lipinski definition) is 2. The molecule has 2 N–H and O–H groups in total. The van der Waals surface area contributed by atoms with Gasteiger partial charge in [-0.1, -0.05) is 49.4 Å². The number of nitrogens with one attached hydrogen (secondary N) is 1. The molecule has 0 fully saturated rings. The molecule has 0 saturated carbocycles. The van der Waals surface area contributed by atoms with Crippen LogP contribution in [0.5, 0.6) is 11.5 Å². The van der Waals surface area contributed by atoms with Gasteiger partial charge in [-0.05, 0) is 25.0 Å². The van der Waals surface area contributed by atoms with Crippen LogP contribution in [0.1, 0.15) is 31.4 Å². The third kappa shape index (κ3) is 5.25. The molecule has 0 heterocycles. The SMILES string of the molecule is CCOc1cccc(CN[C@@H](CC)CO)c1OCc1ccccc1. The van der Waals surface area contributed by atoms with Crippen LogP contribution in [0.25, 0.3) is 0 Å². The summed E-state index contributed by atoms with van der Waals surface area (Å²) in [6.07, 6.45) is 0.877. The Kier molecular flexibility index (Phi) is 7.59. The molecule has 0 aliphatic rings. The first-order valence-corrected chi connectivity index (χ1v) is 8.54. The van der Waals surface area contributed by atoms with Crippen LogP contribution in [0, 0.1) is 0 Å². The smallest absolute Gasteiger partial charge is 0.166 e. The van der Waals surface area contributed by atoms with Crippen LogP contribution in [-0.2, 0) is 13.2 Å². The molecule has 4 nitrogen and oxygen atoms in total. The molecule has 130 valence electrons. The summed E-state index contributed by atoms with van der Waals surface area (Å²) < 4.78 is 11.8. The van der Waals surface area contributed by atoms with Crippen LogP contribution in [0.2, 0.25) is 0 Å². The van der Waals surface area contributed by atoms with Crippen molar-refractivity contribution in [3.05, 3.63) is 59.7 Å². The van der Waals surface area contributed by atoms with E-state index in [0.29, 0.717) is 19.8 Å². The van der Waals surface area contributed by atoms with Crippen molar-refractivity contribution < 1.29 is 14.6 Å². The molecule has 2 aromatic carbocycles. The molecule has 24 heavy (non-hydrogen) atoms. The Balaban J connectivity index is 2.14. The zero-order chi connectivity index (χ0) is 17.2. The van der Waals surface area contributed by atoms with Gasteiger partial charge in [-0.25, -0.2) is 0 Å². The summed E-state index contributed by atoms with van der Waals surface area (Å²) in [5.41, 5.74) is 2.15. The molecule has 0 radical (unpaired) electrons. The van der Waals surface area contributed by atoms with E-state index in [9.17, 15) is 5.11 Å². The van der Waals surface area contributed by atoms with Crippen LogP contribution < -0.4 is 14.8 Å². The monoisotopic (exact) mass is 329 g/mol. The summed E-state index contributed by atoms with van der Waals surface area (Å²) in [7, 11) is 0. The third-order valence-electron chi connectivity index (χ3n) is 3.88. The second kappa shape index (κ2) is 9.96. The van der Waals surface area contributed by atoms with E-state index < -0.39 is 0 Å². The second-order valence-corrected chi connectivity index (χ2v) is 5.62. The predicted octanol–water partition coefficient (Wildman–Crippen LogP) is 3.52. The molecule has 0 unspecified atom stereocenters. The van der Waals surface area contributed by atoms with Gasteiger partial charge in [0.1, 0.15) is 6.61 Å². The van der Waals surface area contributed by atoms with Gasteiger partial charge >= 0.3 is 0 Å². The maximum absolute atomic E-state index is 9.35. The van der Waals surface area contributed by atoms with Gasteiger partial charge in [0.15, 0.2) is 11.5 Å². The van der Waals surface area contributed by atoms with Crippen LogP contribution >= 0.6 is 0 Å². The molecule has 1 atom stereocenters. The fourth-order valence-electron chi connectivity index (χ4n) is 2.46. The van der Waals surface area contributed by atoms with Crippen molar-refractivity contribution in [3.8, 4) is 11.5 Å². The average molecular weight is 329 g/mol. The van der Waals surface area contributed by atoms with Gasteiger partial charge in [-0.15, -0.1) is 0 Å². The fourth-order valence-corrected chi connectivity index (χ4v) is 2.46. The van der Waals surface area contributed by atoms with E-state index in [1.165, 1.54) is 0 Å². The Morgan fingerprint density at radius 3 is 2.46 bits per heavy atom. The number of rotatable bonds is 10. The molecule has 0 spiro atoms. The molecule has 2 rings (SSSR count). The quantitative estimate of drug-likeness (QED) is 0.700. The van der Waals surface area contributed by atoms with Gasteiger partial charge in [0.2, 0.25) is 0 Å². The molecule has 0 amide bonds. The van der Waals surface area contributed by atoms with Gasteiger partial charge < -0.3 is 19.9 Å². The lowest BCUT2D eigenvalue weighted by atomic mass is 10.1. The molecule has 0 aromatic heterocycles. The first-order chi connectivity index (χ1) is 11.8. The summed E-state index contributed by atoms with van der Waals surface area (Å²) in [6.45, 7) is 5.86. The highest BCUT2D eigenvalue weighted by Gasteiger charge is 2.13. The molecule has 0 bridgehead atoms. The Labute approximate surface area is 144 Å². The molecular formula is C20H27NO3. The van der Waals surface area contributed by atoms with E-state index in [-0.39, 0.29) is 12.6 Å². The van der Waals surface area contributed by atoms with Gasteiger partial charge in [0.25, 0.3) is 0 Å². The lowest BCUT2D eigenvalue weighted by Gasteiger charge is -2.19. The van der Waals surface area contributed by atoms with Crippen molar-refractivity contribution in [2.45, 2.75) is 39.5 Å². The molecule has 0 aliphatic carbocycles. The minimum Gasteiger partial charge on any atom is -0.490 e. The number of para-hydroxylation sites is 1. The Morgan fingerprint density at radius 2 is 1.79 bits per heavy atom. The van der Waals surface area contributed by atoms with E-state index in [4.69, 9.17) is 9.47 Å². The van der Waals surface area contributed by atoms with E-state index in [2.05, 4.69) is 12.2 Å². The van der Waals surface area contributed by atoms with Crippen molar-refractivity contribution in [1.29, 1.82) is 0 Å². The minimum absolute atomic E-state index is 0.0859. The highest BCUT2D eigenvalue weighted by molar-refractivity contribution is 5.46. The zero-order valence-electron chi connectivity index (χ0n) is 14.5.